The SMILES string of the molecule is c1ccc2c(c1)CCN(Cc1noc3ccccc13)C2. The number of benzene rings is 2. The van der Waals surface area contributed by atoms with Gasteiger partial charge in [0.1, 0.15) is 5.69 Å². The number of aromatic nitrogens is 1. The number of para-hydroxylation sites is 1. The molecule has 0 atom stereocenters. The zero-order valence-corrected chi connectivity index (χ0v) is 11.2. The molecule has 2 heterocycles. The molecule has 0 saturated heterocycles. The van der Waals surface area contributed by atoms with Gasteiger partial charge in [0.15, 0.2) is 5.58 Å². The third-order valence-corrected chi connectivity index (χ3v) is 4.04. The topological polar surface area (TPSA) is 29.3 Å². The van der Waals surface area contributed by atoms with Crippen LogP contribution in [0.1, 0.15) is 16.8 Å². The van der Waals surface area contributed by atoms with Gasteiger partial charge in [0.05, 0.1) is 0 Å². The Balaban J connectivity index is 1.59. The van der Waals surface area contributed by atoms with Crippen LogP contribution in [0.25, 0.3) is 11.0 Å². The van der Waals surface area contributed by atoms with Crippen molar-refractivity contribution in [2.75, 3.05) is 6.54 Å². The van der Waals surface area contributed by atoms with Gasteiger partial charge in [0.25, 0.3) is 0 Å². The number of hydrogen-bond donors (Lipinski definition) is 0. The number of fused-ring (bicyclic) bond motifs is 2. The predicted octanol–water partition coefficient (Wildman–Crippen LogP) is 3.39. The van der Waals surface area contributed by atoms with E-state index < -0.39 is 0 Å². The van der Waals surface area contributed by atoms with Crippen LogP contribution in [-0.4, -0.2) is 16.6 Å². The Kier molecular flexibility index (Phi) is 2.78. The molecule has 0 spiro atoms. The Hall–Kier alpha value is -2.13. The molecule has 4 rings (SSSR count). The minimum atomic E-state index is 0.853. The molecule has 100 valence electrons. The zero-order chi connectivity index (χ0) is 13.4. The average molecular weight is 264 g/mol. The van der Waals surface area contributed by atoms with Crippen molar-refractivity contribution in [2.24, 2.45) is 0 Å². The Morgan fingerprint density at radius 1 is 1.00 bits per heavy atom. The minimum Gasteiger partial charge on any atom is -0.356 e. The van der Waals surface area contributed by atoms with Gasteiger partial charge < -0.3 is 4.52 Å². The summed E-state index contributed by atoms with van der Waals surface area (Å²) in [6.45, 7) is 2.93. The Labute approximate surface area is 117 Å². The summed E-state index contributed by atoms with van der Waals surface area (Å²) in [5, 5.41) is 5.36. The highest BCUT2D eigenvalue weighted by Crippen LogP contribution is 2.23. The first-order valence-corrected chi connectivity index (χ1v) is 7.02. The predicted molar refractivity (Wildman–Crippen MR) is 78.3 cm³/mol. The molecular weight excluding hydrogens is 248 g/mol. The minimum absolute atomic E-state index is 0.853. The summed E-state index contributed by atoms with van der Waals surface area (Å²) < 4.78 is 5.38. The fraction of sp³-hybridized carbons (Fsp3) is 0.235. The Morgan fingerprint density at radius 2 is 1.80 bits per heavy atom. The van der Waals surface area contributed by atoms with Gasteiger partial charge in [-0.25, -0.2) is 0 Å². The lowest BCUT2D eigenvalue weighted by Gasteiger charge is -2.27. The number of nitrogens with zero attached hydrogens (tertiary/aromatic N) is 2. The van der Waals surface area contributed by atoms with Gasteiger partial charge in [-0.2, -0.15) is 0 Å². The molecule has 3 heteroatoms. The highest BCUT2D eigenvalue weighted by atomic mass is 16.5. The van der Waals surface area contributed by atoms with E-state index in [-0.39, 0.29) is 0 Å². The first-order valence-electron chi connectivity index (χ1n) is 7.02. The highest BCUT2D eigenvalue weighted by molar-refractivity contribution is 5.79. The molecule has 3 aromatic rings. The summed E-state index contributed by atoms with van der Waals surface area (Å²) in [4.78, 5) is 2.44. The van der Waals surface area contributed by atoms with Crippen molar-refractivity contribution in [3.05, 3.63) is 65.4 Å². The van der Waals surface area contributed by atoms with Crippen molar-refractivity contribution in [3.8, 4) is 0 Å². The largest absolute Gasteiger partial charge is 0.356 e. The Morgan fingerprint density at radius 3 is 2.75 bits per heavy atom. The van der Waals surface area contributed by atoms with Crippen LogP contribution < -0.4 is 0 Å². The molecule has 0 amide bonds. The summed E-state index contributed by atoms with van der Waals surface area (Å²) in [6, 6.07) is 16.8. The molecule has 3 nitrogen and oxygen atoms in total. The monoisotopic (exact) mass is 264 g/mol. The van der Waals surface area contributed by atoms with E-state index >= 15 is 0 Å². The van der Waals surface area contributed by atoms with E-state index in [0.717, 1.165) is 42.7 Å². The Bertz CT molecular complexity index is 747. The molecule has 0 saturated carbocycles. The zero-order valence-electron chi connectivity index (χ0n) is 11.2. The first kappa shape index (κ1) is 11.7. The summed E-state index contributed by atoms with van der Waals surface area (Å²) in [6.07, 6.45) is 1.12. The van der Waals surface area contributed by atoms with Crippen molar-refractivity contribution >= 4 is 11.0 Å². The molecule has 2 aromatic carbocycles. The van der Waals surface area contributed by atoms with Crippen molar-refractivity contribution in [3.63, 3.8) is 0 Å². The smallest absolute Gasteiger partial charge is 0.167 e. The van der Waals surface area contributed by atoms with Crippen LogP contribution in [0.4, 0.5) is 0 Å². The van der Waals surface area contributed by atoms with Gasteiger partial charge in [-0.3, -0.25) is 4.90 Å². The van der Waals surface area contributed by atoms with Crippen molar-refractivity contribution in [2.45, 2.75) is 19.5 Å². The lowest BCUT2D eigenvalue weighted by molar-refractivity contribution is 0.239. The maximum atomic E-state index is 5.38. The normalized spacial score (nSPS) is 15.4. The molecule has 0 bridgehead atoms. The van der Waals surface area contributed by atoms with E-state index in [1.807, 2.05) is 18.2 Å². The van der Waals surface area contributed by atoms with Crippen molar-refractivity contribution < 1.29 is 4.52 Å². The summed E-state index contributed by atoms with van der Waals surface area (Å²) >= 11 is 0. The van der Waals surface area contributed by atoms with E-state index in [0.29, 0.717) is 0 Å². The van der Waals surface area contributed by atoms with E-state index in [1.54, 1.807) is 0 Å². The van der Waals surface area contributed by atoms with Crippen molar-refractivity contribution in [1.82, 2.24) is 10.1 Å². The van der Waals surface area contributed by atoms with Gasteiger partial charge in [0.2, 0.25) is 0 Å². The standard InChI is InChI=1S/C17H16N2O/c1-2-6-14-11-19(10-9-13(14)5-1)12-16-15-7-3-4-8-17(15)20-18-16/h1-8H,9-12H2. The lowest BCUT2D eigenvalue weighted by atomic mass is 10.00. The molecule has 0 aliphatic carbocycles. The molecule has 1 aliphatic heterocycles. The maximum Gasteiger partial charge on any atom is 0.167 e. The molecule has 0 fully saturated rings. The van der Waals surface area contributed by atoms with Crippen molar-refractivity contribution in [1.29, 1.82) is 0 Å². The highest BCUT2D eigenvalue weighted by Gasteiger charge is 2.18. The second-order valence-corrected chi connectivity index (χ2v) is 5.35. The van der Waals surface area contributed by atoms with Gasteiger partial charge in [-0.1, -0.05) is 41.6 Å². The quantitative estimate of drug-likeness (QED) is 0.710. The van der Waals surface area contributed by atoms with Crippen LogP contribution in [0.5, 0.6) is 0 Å². The summed E-state index contributed by atoms with van der Waals surface area (Å²) in [5.41, 5.74) is 4.83. The van der Waals surface area contributed by atoms with Crippen LogP contribution >= 0.6 is 0 Å². The van der Waals surface area contributed by atoms with Gasteiger partial charge in [-0.15, -0.1) is 0 Å². The van der Waals surface area contributed by atoms with E-state index in [1.165, 1.54) is 11.1 Å². The number of hydrogen-bond acceptors (Lipinski definition) is 3. The summed E-state index contributed by atoms with van der Waals surface area (Å²) in [7, 11) is 0. The number of rotatable bonds is 2. The van der Waals surface area contributed by atoms with Gasteiger partial charge in [0, 0.05) is 25.0 Å². The second kappa shape index (κ2) is 4.76. The molecule has 1 aliphatic rings. The molecular formula is C17H16N2O. The fourth-order valence-electron chi connectivity index (χ4n) is 2.95. The van der Waals surface area contributed by atoms with Crippen LogP contribution in [0, 0.1) is 0 Å². The van der Waals surface area contributed by atoms with Crippen LogP contribution in [-0.2, 0) is 19.5 Å². The molecule has 1 aromatic heterocycles. The fourth-order valence-corrected chi connectivity index (χ4v) is 2.95. The van der Waals surface area contributed by atoms with Crippen LogP contribution in [0.3, 0.4) is 0 Å². The third kappa shape index (κ3) is 2.00. The summed E-state index contributed by atoms with van der Waals surface area (Å²) in [5.74, 6) is 0. The first-order chi connectivity index (χ1) is 9.90. The maximum absolute atomic E-state index is 5.38. The third-order valence-electron chi connectivity index (χ3n) is 4.04. The molecule has 0 unspecified atom stereocenters. The average Bonchev–Trinajstić information content (AvgIpc) is 2.91. The van der Waals surface area contributed by atoms with Gasteiger partial charge in [-0.05, 0) is 29.7 Å². The molecule has 20 heavy (non-hydrogen) atoms. The van der Waals surface area contributed by atoms with E-state index in [2.05, 4.69) is 40.4 Å². The van der Waals surface area contributed by atoms with E-state index in [9.17, 15) is 0 Å². The lowest BCUT2D eigenvalue weighted by Crippen LogP contribution is -2.30. The van der Waals surface area contributed by atoms with E-state index in [4.69, 9.17) is 4.52 Å². The molecule has 0 N–H and O–H groups in total. The van der Waals surface area contributed by atoms with Gasteiger partial charge >= 0.3 is 0 Å². The second-order valence-electron chi connectivity index (χ2n) is 5.35. The molecule has 0 radical (unpaired) electrons. The van der Waals surface area contributed by atoms with Crippen LogP contribution in [0.2, 0.25) is 0 Å². The van der Waals surface area contributed by atoms with Crippen LogP contribution in [0.15, 0.2) is 53.1 Å².